The van der Waals surface area contributed by atoms with Crippen LogP contribution in [0.25, 0.3) is 0 Å². The Morgan fingerprint density at radius 2 is 0.805 bits per heavy atom. The summed E-state index contributed by atoms with van der Waals surface area (Å²) in [6.45, 7) is 4.80. The summed E-state index contributed by atoms with van der Waals surface area (Å²) >= 11 is 25.7. The first-order valence-corrected chi connectivity index (χ1v) is 29.6. The zero-order valence-electron chi connectivity index (χ0n) is 43.2. The maximum atomic E-state index is 12.9. The van der Waals surface area contributed by atoms with Crippen molar-refractivity contribution in [2.75, 3.05) is 146 Å². The van der Waals surface area contributed by atoms with Crippen molar-refractivity contribution in [1.29, 1.82) is 0 Å². The Labute approximate surface area is 471 Å². The molecule has 0 bridgehead atoms. The van der Waals surface area contributed by atoms with Gasteiger partial charge in [-0.1, -0.05) is 70.7 Å². The molecule has 2 atom stereocenters. The number of nitrogens with one attached hydrogen (secondary N) is 4. The Bertz CT molecular complexity index is 2570. The van der Waals surface area contributed by atoms with Crippen molar-refractivity contribution >= 4 is 78.3 Å². The second-order valence-electron chi connectivity index (χ2n) is 18.0. The minimum atomic E-state index is -3.75. The Morgan fingerprint density at radius 3 is 1.16 bits per heavy atom. The fourth-order valence-corrected chi connectivity index (χ4v) is 12.0. The molecule has 0 saturated heterocycles. The molecule has 6 rings (SSSR count). The Kier molecular flexibility index (Phi) is 26.1. The Balaban J connectivity index is 0.676. The van der Waals surface area contributed by atoms with E-state index in [-0.39, 0.29) is 114 Å². The molecular formula is C52H68Cl4N6O13S2. The molecule has 0 spiro atoms. The van der Waals surface area contributed by atoms with Crippen molar-refractivity contribution in [3.8, 4) is 0 Å². The van der Waals surface area contributed by atoms with Crippen molar-refractivity contribution in [1.82, 2.24) is 29.9 Å². The number of fused-ring (bicyclic) bond motifs is 2. The monoisotopic (exact) mass is 1190 g/mol. The van der Waals surface area contributed by atoms with E-state index in [1.807, 2.05) is 50.5 Å². The van der Waals surface area contributed by atoms with Gasteiger partial charge >= 0.3 is 0 Å². The second kappa shape index (κ2) is 32.0. The maximum absolute atomic E-state index is 12.9. The number of benzene rings is 4. The number of ether oxygens (including phenoxy) is 7. The van der Waals surface area contributed by atoms with Gasteiger partial charge in [0, 0.05) is 59.4 Å². The SMILES string of the molecule is CN1CCc2cc(Cl)cc(Cl)c2C1c1ccc(S(=O)(=O)NCCOCCOCCOCCNC(=O)COCC(=O)NCCOCCOCCOCCNS(=O)(=O)c2ccc(C3c4c(Cl)cc(Cl)cc4CCN3C)cc2)cc1. The molecule has 25 heteroatoms. The summed E-state index contributed by atoms with van der Waals surface area (Å²) in [7, 11) is -3.47. The van der Waals surface area contributed by atoms with E-state index in [2.05, 4.69) is 29.9 Å². The van der Waals surface area contributed by atoms with Crippen LogP contribution in [0.2, 0.25) is 20.1 Å². The zero-order chi connectivity index (χ0) is 55.2. The summed E-state index contributed by atoms with van der Waals surface area (Å²) in [5.41, 5.74) is 6.00. The molecule has 0 saturated carbocycles. The molecule has 2 heterocycles. The molecule has 77 heavy (non-hydrogen) atoms. The summed E-state index contributed by atoms with van der Waals surface area (Å²) in [4.78, 5) is 28.7. The minimum absolute atomic E-state index is 0.0883. The van der Waals surface area contributed by atoms with Crippen LogP contribution in [-0.4, -0.2) is 184 Å². The molecule has 2 amide bonds. The molecule has 2 unspecified atom stereocenters. The van der Waals surface area contributed by atoms with Crippen LogP contribution in [0.3, 0.4) is 0 Å². The molecular weight excluding hydrogens is 1120 g/mol. The lowest BCUT2D eigenvalue weighted by Gasteiger charge is -2.35. The first kappa shape index (κ1) is 62.6. The molecule has 0 radical (unpaired) electrons. The lowest BCUT2D eigenvalue weighted by Crippen LogP contribution is -2.34. The molecule has 2 aliphatic heterocycles. The van der Waals surface area contributed by atoms with E-state index in [9.17, 15) is 26.4 Å². The molecule has 19 nitrogen and oxygen atoms in total. The van der Waals surface area contributed by atoms with E-state index < -0.39 is 31.9 Å². The van der Waals surface area contributed by atoms with Crippen molar-refractivity contribution in [3.05, 3.63) is 126 Å². The number of carbonyl (C=O) groups is 2. The van der Waals surface area contributed by atoms with Gasteiger partial charge in [0.25, 0.3) is 0 Å². The summed E-state index contributed by atoms with van der Waals surface area (Å²) in [6, 6.07) is 20.7. The van der Waals surface area contributed by atoms with Crippen LogP contribution in [0.5, 0.6) is 0 Å². The van der Waals surface area contributed by atoms with Crippen LogP contribution < -0.4 is 20.1 Å². The van der Waals surface area contributed by atoms with Gasteiger partial charge in [0.05, 0.1) is 101 Å². The average Bonchev–Trinajstić information content (AvgIpc) is 3.41. The predicted octanol–water partition coefficient (Wildman–Crippen LogP) is 5.06. The molecule has 0 aliphatic carbocycles. The van der Waals surface area contributed by atoms with Gasteiger partial charge in [-0.15, -0.1) is 0 Å². The summed E-state index contributed by atoms with van der Waals surface area (Å²) in [6.07, 6.45) is 1.65. The van der Waals surface area contributed by atoms with E-state index in [1.165, 1.54) is 0 Å². The number of halogens is 4. The summed E-state index contributed by atoms with van der Waals surface area (Å²) in [5.74, 6) is -0.795. The summed E-state index contributed by atoms with van der Waals surface area (Å²) < 4.78 is 94.9. The van der Waals surface area contributed by atoms with E-state index in [0.717, 1.165) is 59.3 Å². The van der Waals surface area contributed by atoms with E-state index in [1.54, 1.807) is 36.4 Å². The quantitative estimate of drug-likeness (QED) is 0.0449. The third kappa shape index (κ3) is 19.9. The molecule has 4 aromatic rings. The van der Waals surface area contributed by atoms with Crippen molar-refractivity contribution in [3.63, 3.8) is 0 Å². The second-order valence-corrected chi connectivity index (χ2v) is 23.2. The van der Waals surface area contributed by atoms with Gasteiger partial charge in [0.1, 0.15) is 13.2 Å². The third-order valence-electron chi connectivity index (χ3n) is 12.4. The Hall–Kier alpha value is -3.56. The molecule has 4 aromatic carbocycles. The number of likely N-dealkylation sites (N-methyl/N-ethyl adjacent to an activating group) is 2. The van der Waals surface area contributed by atoms with Crippen LogP contribution >= 0.6 is 46.4 Å². The largest absolute Gasteiger partial charge is 0.378 e. The number of nitrogens with zero attached hydrogens (tertiary/aromatic N) is 2. The number of hydrogen-bond donors (Lipinski definition) is 4. The number of amides is 2. The maximum Gasteiger partial charge on any atom is 0.246 e. The smallest absolute Gasteiger partial charge is 0.246 e. The van der Waals surface area contributed by atoms with Crippen LogP contribution in [-0.2, 0) is 75.6 Å². The van der Waals surface area contributed by atoms with Gasteiger partial charge in [-0.2, -0.15) is 0 Å². The van der Waals surface area contributed by atoms with Gasteiger partial charge < -0.3 is 43.8 Å². The highest BCUT2D eigenvalue weighted by atomic mass is 35.5. The highest BCUT2D eigenvalue weighted by Gasteiger charge is 2.31. The van der Waals surface area contributed by atoms with E-state index >= 15 is 0 Å². The van der Waals surface area contributed by atoms with Gasteiger partial charge in [-0.25, -0.2) is 26.3 Å². The van der Waals surface area contributed by atoms with Crippen LogP contribution in [0.4, 0.5) is 0 Å². The number of sulfonamides is 2. The van der Waals surface area contributed by atoms with Gasteiger partial charge in [0.15, 0.2) is 0 Å². The molecule has 0 aromatic heterocycles. The van der Waals surface area contributed by atoms with E-state index in [0.29, 0.717) is 46.5 Å². The van der Waals surface area contributed by atoms with Gasteiger partial charge in [0.2, 0.25) is 31.9 Å². The molecule has 4 N–H and O–H groups in total. The van der Waals surface area contributed by atoms with Crippen molar-refractivity contribution < 1.29 is 59.6 Å². The highest BCUT2D eigenvalue weighted by Crippen LogP contribution is 2.42. The molecule has 0 fully saturated rings. The predicted molar refractivity (Wildman–Crippen MR) is 294 cm³/mol. The minimum Gasteiger partial charge on any atom is -0.378 e. The lowest BCUT2D eigenvalue weighted by atomic mass is 9.88. The first-order chi connectivity index (χ1) is 37.0. The fourth-order valence-electron chi connectivity index (χ4n) is 8.71. The number of carbonyl (C=O) groups excluding carboxylic acids is 2. The summed E-state index contributed by atoms with van der Waals surface area (Å²) in [5, 5.41) is 7.64. The van der Waals surface area contributed by atoms with E-state index in [4.69, 9.17) is 79.6 Å². The van der Waals surface area contributed by atoms with Gasteiger partial charge in [-0.05, 0) is 109 Å². The van der Waals surface area contributed by atoms with Crippen molar-refractivity contribution in [2.45, 2.75) is 34.7 Å². The zero-order valence-corrected chi connectivity index (χ0v) is 47.8. The fraction of sp³-hybridized carbons (Fsp3) is 0.500. The van der Waals surface area contributed by atoms with Crippen molar-refractivity contribution in [2.24, 2.45) is 0 Å². The standard InChI is InChI=1S/C52H68Cl4N6O13S2/c1-61-17-11-39-31-41(53)33-45(55)49(39)51(61)37-3-7-43(8-4-37)76(65,66)59-15-21-71-25-29-73-27-23-69-19-13-57-47(63)35-75-36-48(64)58-14-20-70-24-28-74-30-26-72-22-16-60-77(67,68)44-9-5-38(6-10-44)52-50-40(12-18-62(52)2)32-42(54)34-46(50)56/h3-10,31-34,51-52,59-60H,11-30,35-36H2,1-2H3,(H,57,63)(H,58,64). The topological polar surface area (TPSA) is 222 Å². The third-order valence-corrected chi connectivity index (χ3v) is 16.5. The molecule has 2 aliphatic rings. The van der Waals surface area contributed by atoms with Crippen LogP contribution in [0, 0.1) is 0 Å². The lowest BCUT2D eigenvalue weighted by molar-refractivity contribution is -0.131. The molecule has 424 valence electrons. The van der Waals surface area contributed by atoms with Gasteiger partial charge in [-0.3, -0.25) is 19.4 Å². The van der Waals surface area contributed by atoms with Crippen LogP contribution in [0.1, 0.15) is 45.5 Å². The number of rotatable bonds is 34. The first-order valence-electron chi connectivity index (χ1n) is 25.2. The average molecular weight is 1190 g/mol. The Morgan fingerprint density at radius 1 is 0.481 bits per heavy atom. The number of hydrogen-bond acceptors (Lipinski definition) is 15. The van der Waals surface area contributed by atoms with Crippen LogP contribution in [0.15, 0.2) is 82.6 Å². The normalized spacial score (nSPS) is 16.0. The highest BCUT2D eigenvalue weighted by molar-refractivity contribution is 7.89.